The summed E-state index contributed by atoms with van der Waals surface area (Å²) in [5, 5.41) is 9.81. The minimum Gasteiger partial charge on any atom is -0.478 e. The monoisotopic (exact) mass is 234 g/mol. The number of hydrogen-bond acceptors (Lipinski definition) is 2. The maximum atomic E-state index is 11.0. The molecule has 3 rings (SSSR count). The van der Waals surface area contributed by atoms with Crippen LogP contribution in [0, 0.1) is 0 Å². The molecular formula is C13H14O2S. The van der Waals surface area contributed by atoms with E-state index in [-0.39, 0.29) is 0 Å². The van der Waals surface area contributed by atoms with Gasteiger partial charge < -0.3 is 5.11 Å². The number of carbonyl (C=O) groups is 1. The lowest BCUT2D eigenvalue weighted by molar-refractivity contribution is 0.0696. The first kappa shape index (κ1) is 10.2. The Labute approximate surface area is 99.1 Å². The molecule has 0 radical (unpaired) electrons. The molecule has 0 spiro atoms. The predicted molar refractivity (Wildman–Crippen MR) is 64.3 cm³/mol. The Bertz CT molecular complexity index is 434. The van der Waals surface area contributed by atoms with Crippen molar-refractivity contribution in [2.45, 2.75) is 41.7 Å². The van der Waals surface area contributed by atoms with E-state index in [9.17, 15) is 4.79 Å². The largest absolute Gasteiger partial charge is 0.478 e. The Morgan fingerprint density at radius 3 is 2.50 bits per heavy atom. The second-order valence-electron chi connectivity index (χ2n) is 4.69. The molecule has 0 saturated heterocycles. The maximum absolute atomic E-state index is 11.0. The first-order valence-electron chi connectivity index (χ1n) is 5.77. The second kappa shape index (κ2) is 3.81. The molecule has 2 aliphatic rings. The third-order valence-corrected chi connectivity index (χ3v) is 4.36. The third kappa shape index (κ3) is 2.24. The van der Waals surface area contributed by atoms with Gasteiger partial charge in [-0.05, 0) is 55.4 Å². The van der Waals surface area contributed by atoms with E-state index < -0.39 is 5.97 Å². The van der Waals surface area contributed by atoms with Crippen LogP contribution >= 0.6 is 11.8 Å². The number of aromatic carboxylic acids is 1. The fourth-order valence-electron chi connectivity index (χ4n) is 1.84. The summed E-state index contributed by atoms with van der Waals surface area (Å²) in [6.45, 7) is 0. The van der Waals surface area contributed by atoms with Crippen molar-refractivity contribution in [3.8, 4) is 0 Å². The summed E-state index contributed by atoms with van der Waals surface area (Å²) in [4.78, 5) is 12.2. The summed E-state index contributed by atoms with van der Waals surface area (Å²) in [6, 6.07) is 5.85. The molecule has 0 bridgehead atoms. The molecule has 0 aliphatic heterocycles. The van der Waals surface area contributed by atoms with Gasteiger partial charge in [-0.25, -0.2) is 4.79 Å². The molecule has 16 heavy (non-hydrogen) atoms. The van der Waals surface area contributed by atoms with Crippen molar-refractivity contribution in [1.82, 2.24) is 0 Å². The minimum atomic E-state index is -0.805. The van der Waals surface area contributed by atoms with Crippen LogP contribution in [-0.2, 0) is 0 Å². The fourth-order valence-corrected chi connectivity index (χ4v) is 3.00. The highest BCUT2D eigenvalue weighted by atomic mass is 32.2. The highest BCUT2D eigenvalue weighted by Gasteiger charge is 2.27. The molecule has 0 heterocycles. The van der Waals surface area contributed by atoms with Crippen LogP contribution < -0.4 is 0 Å². The zero-order valence-electron chi connectivity index (χ0n) is 8.98. The average molecular weight is 234 g/mol. The zero-order chi connectivity index (χ0) is 11.1. The Hall–Kier alpha value is -0.960. The molecule has 0 amide bonds. The van der Waals surface area contributed by atoms with Crippen molar-refractivity contribution in [3.05, 3.63) is 29.3 Å². The number of thioether (sulfide) groups is 1. The highest BCUT2D eigenvalue weighted by Crippen LogP contribution is 2.44. The van der Waals surface area contributed by atoms with Crippen LogP contribution in [0.25, 0.3) is 0 Å². The Balaban J connectivity index is 1.91. The van der Waals surface area contributed by atoms with Crippen LogP contribution in [-0.4, -0.2) is 16.3 Å². The quantitative estimate of drug-likeness (QED) is 0.866. The SMILES string of the molecule is O=C(O)c1cc(SC2CC2)cc(C2CC2)c1. The highest BCUT2D eigenvalue weighted by molar-refractivity contribution is 8.00. The van der Waals surface area contributed by atoms with Gasteiger partial charge in [-0.2, -0.15) is 0 Å². The Morgan fingerprint density at radius 1 is 1.19 bits per heavy atom. The van der Waals surface area contributed by atoms with Gasteiger partial charge in [-0.15, -0.1) is 11.8 Å². The van der Waals surface area contributed by atoms with Crippen molar-refractivity contribution < 1.29 is 9.90 Å². The second-order valence-corrected chi connectivity index (χ2v) is 6.06. The lowest BCUT2D eigenvalue weighted by Crippen LogP contribution is -1.98. The molecule has 2 saturated carbocycles. The van der Waals surface area contributed by atoms with Crippen LogP contribution in [0.4, 0.5) is 0 Å². The van der Waals surface area contributed by atoms with Gasteiger partial charge in [0.25, 0.3) is 0 Å². The summed E-state index contributed by atoms with van der Waals surface area (Å²) in [7, 11) is 0. The Morgan fingerprint density at radius 2 is 1.94 bits per heavy atom. The third-order valence-electron chi connectivity index (χ3n) is 3.05. The first-order valence-corrected chi connectivity index (χ1v) is 6.65. The van der Waals surface area contributed by atoms with Crippen LogP contribution in [0.5, 0.6) is 0 Å². The van der Waals surface area contributed by atoms with E-state index in [4.69, 9.17) is 5.11 Å². The smallest absolute Gasteiger partial charge is 0.335 e. The standard InChI is InChI=1S/C13H14O2S/c14-13(15)10-5-9(8-1-2-8)6-12(7-10)16-11-3-4-11/h5-8,11H,1-4H2,(H,14,15). The predicted octanol–water partition coefficient (Wildman–Crippen LogP) is 3.52. The van der Waals surface area contributed by atoms with Crippen LogP contribution in [0.1, 0.15) is 47.5 Å². The summed E-state index contributed by atoms with van der Waals surface area (Å²) < 4.78 is 0. The van der Waals surface area contributed by atoms with E-state index in [0.29, 0.717) is 11.5 Å². The molecule has 0 atom stereocenters. The van der Waals surface area contributed by atoms with Gasteiger partial charge in [0.1, 0.15) is 0 Å². The van der Waals surface area contributed by atoms with Gasteiger partial charge in [0.2, 0.25) is 0 Å². The molecule has 2 fully saturated rings. The lowest BCUT2D eigenvalue weighted by Gasteiger charge is -2.06. The van der Waals surface area contributed by atoms with Crippen LogP contribution in [0.3, 0.4) is 0 Å². The van der Waals surface area contributed by atoms with Gasteiger partial charge in [0.15, 0.2) is 0 Å². The number of carboxylic acid groups (broad SMARTS) is 1. The van der Waals surface area contributed by atoms with E-state index in [1.54, 1.807) is 0 Å². The molecule has 1 aromatic rings. The van der Waals surface area contributed by atoms with E-state index in [2.05, 4.69) is 6.07 Å². The zero-order valence-corrected chi connectivity index (χ0v) is 9.80. The van der Waals surface area contributed by atoms with E-state index in [0.717, 1.165) is 10.1 Å². The molecule has 3 heteroatoms. The number of hydrogen-bond donors (Lipinski definition) is 1. The van der Waals surface area contributed by atoms with Gasteiger partial charge >= 0.3 is 5.97 Å². The summed E-state index contributed by atoms with van der Waals surface area (Å²) in [6.07, 6.45) is 4.99. The molecule has 1 aromatic carbocycles. The van der Waals surface area contributed by atoms with E-state index >= 15 is 0 Å². The molecule has 84 valence electrons. The number of benzene rings is 1. The van der Waals surface area contributed by atoms with Crippen LogP contribution in [0.15, 0.2) is 23.1 Å². The van der Waals surface area contributed by atoms with Gasteiger partial charge in [-0.3, -0.25) is 0 Å². The summed E-state index contributed by atoms with van der Waals surface area (Å²) in [5.41, 5.74) is 1.68. The van der Waals surface area contributed by atoms with Crippen molar-refractivity contribution in [2.75, 3.05) is 0 Å². The molecule has 1 N–H and O–H groups in total. The van der Waals surface area contributed by atoms with Gasteiger partial charge in [0, 0.05) is 10.1 Å². The molecule has 2 aliphatic carbocycles. The minimum absolute atomic E-state index is 0.451. The Kier molecular flexibility index (Phi) is 2.43. The summed E-state index contributed by atoms with van der Waals surface area (Å²) in [5.74, 6) is -0.182. The van der Waals surface area contributed by atoms with Crippen molar-refractivity contribution >= 4 is 17.7 Å². The van der Waals surface area contributed by atoms with Crippen LogP contribution in [0.2, 0.25) is 0 Å². The van der Waals surface area contributed by atoms with Crippen molar-refractivity contribution in [1.29, 1.82) is 0 Å². The van der Waals surface area contributed by atoms with E-state index in [1.165, 1.54) is 31.2 Å². The van der Waals surface area contributed by atoms with Crippen molar-refractivity contribution in [2.24, 2.45) is 0 Å². The average Bonchev–Trinajstić information content (AvgIpc) is 3.11. The normalized spacial score (nSPS) is 19.8. The van der Waals surface area contributed by atoms with Gasteiger partial charge in [-0.1, -0.05) is 0 Å². The van der Waals surface area contributed by atoms with Crippen molar-refractivity contribution in [3.63, 3.8) is 0 Å². The molecule has 0 unspecified atom stereocenters. The molecule has 0 aromatic heterocycles. The topological polar surface area (TPSA) is 37.3 Å². The van der Waals surface area contributed by atoms with Gasteiger partial charge in [0.05, 0.1) is 5.56 Å². The number of carboxylic acids is 1. The summed E-state index contributed by atoms with van der Waals surface area (Å²) >= 11 is 1.84. The first-order chi connectivity index (χ1) is 7.72. The molecular weight excluding hydrogens is 220 g/mol. The number of rotatable bonds is 4. The fraction of sp³-hybridized carbons (Fsp3) is 0.462. The van der Waals surface area contributed by atoms with E-state index in [1.807, 2.05) is 23.9 Å². The molecule has 2 nitrogen and oxygen atoms in total. The lowest BCUT2D eigenvalue weighted by atomic mass is 10.1. The maximum Gasteiger partial charge on any atom is 0.335 e.